The number of anilines is 2. The SMILES string of the molecule is Cc1cc(-n2ncc(C(=O)c3cc4cc(OC(F)F)c(NS(C)(=O)=O)cc4[nH]3)c2N)ccc1Oc1ccccc1F. The highest BCUT2D eigenvalue weighted by Crippen LogP contribution is 2.34. The average Bonchev–Trinajstić information content (AvgIpc) is 3.48. The molecule has 212 valence electrons. The average molecular weight is 586 g/mol. The van der Waals surface area contributed by atoms with Crippen LogP contribution in [0.3, 0.4) is 0 Å². The highest BCUT2D eigenvalue weighted by molar-refractivity contribution is 7.92. The third kappa shape index (κ3) is 5.82. The summed E-state index contributed by atoms with van der Waals surface area (Å²) in [7, 11) is -3.82. The maximum atomic E-state index is 14.0. The number of alkyl halides is 2. The Kier molecular flexibility index (Phi) is 7.09. The molecule has 0 fully saturated rings. The van der Waals surface area contributed by atoms with E-state index in [2.05, 4.69) is 19.5 Å². The molecule has 14 heteroatoms. The topological polar surface area (TPSA) is 141 Å². The van der Waals surface area contributed by atoms with Crippen molar-refractivity contribution >= 4 is 38.2 Å². The number of aromatic nitrogens is 3. The summed E-state index contributed by atoms with van der Waals surface area (Å²) in [5, 5.41) is 4.55. The van der Waals surface area contributed by atoms with E-state index in [1.807, 2.05) is 0 Å². The number of nitrogens with zero attached hydrogens (tertiary/aromatic N) is 2. The number of halogens is 3. The van der Waals surface area contributed by atoms with Crippen LogP contribution in [0, 0.1) is 12.7 Å². The molecule has 3 aromatic carbocycles. The summed E-state index contributed by atoms with van der Waals surface area (Å²) in [4.78, 5) is 16.2. The fourth-order valence-corrected chi connectivity index (χ4v) is 4.72. The van der Waals surface area contributed by atoms with E-state index in [0.29, 0.717) is 22.4 Å². The van der Waals surface area contributed by atoms with Crippen LogP contribution in [-0.2, 0) is 10.0 Å². The summed E-state index contributed by atoms with van der Waals surface area (Å²) in [5.74, 6) is -0.958. The van der Waals surface area contributed by atoms with Gasteiger partial charge in [-0.3, -0.25) is 9.52 Å². The number of nitrogens with one attached hydrogen (secondary N) is 2. The van der Waals surface area contributed by atoms with Crippen molar-refractivity contribution < 1.29 is 35.9 Å². The zero-order chi connectivity index (χ0) is 29.5. The van der Waals surface area contributed by atoms with Gasteiger partial charge in [-0.2, -0.15) is 13.9 Å². The van der Waals surface area contributed by atoms with Gasteiger partial charge in [0.25, 0.3) is 0 Å². The number of hydrogen-bond acceptors (Lipinski definition) is 7. The van der Waals surface area contributed by atoms with Gasteiger partial charge in [-0.25, -0.2) is 17.5 Å². The minimum absolute atomic E-state index is 0.0250. The molecule has 10 nitrogen and oxygen atoms in total. The number of aromatic amines is 1. The van der Waals surface area contributed by atoms with Gasteiger partial charge in [0.2, 0.25) is 15.8 Å². The number of aryl methyl sites for hydroxylation is 1. The molecule has 0 saturated heterocycles. The van der Waals surface area contributed by atoms with Crippen LogP contribution in [-0.4, -0.2) is 41.8 Å². The summed E-state index contributed by atoms with van der Waals surface area (Å²) in [5.41, 5.74) is 7.61. The Morgan fingerprint density at radius 1 is 1.07 bits per heavy atom. The van der Waals surface area contributed by atoms with Crippen molar-refractivity contribution in [3.8, 4) is 22.9 Å². The maximum Gasteiger partial charge on any atom is 0.387 e. The Morgan fingerprint density at radius 3 is 2.51 bits per heavy atom. The minimum Gasteiger partial charge on any atom is -0.454 e. The normalized spacial score (nSPS) is 11.7. The molecule has 4 N–H and O–H groups in total. The van der Waals surface area contributed by atoms with Crippen LogP contribution < -0.4 is 19.9 Å². The molecule has 2 aromatic heterocycles. The third-order valence-electron chi connectivity index (χ3n) is 5.99. The van der Waals surface area contributed by atoms with Crippen molar-refractivity contribution in [2.24, 2.45) is 0 Å². The molecular weight excluding hydrogens is 563 g/mol. The number of benzene rings is 3. The lowest BCUT2D eigenvalue weighted by Crippen LogP contribution is -2.12. The summed E-state index contributed by atoms with van der Waals surface area (Å²) in [6.45, 7) is -1.45. The number of hydrogen-bond donors (Lipinski definition) is 3. The van der Waals surface area contributed by atoms with Crippen LogP contribution in [0.2, 0.25) is 0 Å². The molecule has 0 aliphatic carbocycles. The Labute approximate surface area is 231 Å². The molecule has 0 amide bonds. The van der Waals surface area contributed by atoms with E-state index in [4.69, 9.17) is 10.5 Å². The van der Waals surface area contributed by atoms with Crippen LogP contribution >= 0.6 is 0 Å². The van der Waals surface area contributed by atoms with Gasteiger partial charge >= 0.3 is 6.61 Å². The fraction of sp³-hybridized carbons (Fsp3) is 0.111. The number of carbonyl (C=O) groups is 1. The number of para-hydroxylation sites is 1. The van der Waals surface area contributed by atoms with E-state index < -0.39 is 34.0 Å². The maximum absolute atomic E-state index is 14.0. The van der Waals surface area contributed by atoms with Crippen molar-refractivity contribution in [2.75, 3.05) is 16.7 Å². The molecule has 41 heavy (non-hydrogen) atoms. The first-order chi connectivity index (χ1) is 19.4. The summed E-state index contributed by atoms with van der Waals surface area (Å²) < 4.78 is 76.9. The van der Waals surface area contributed by atoms with Gasteiger partial charge in [0.05, 0.1) is 35.1 Å². The highest BCUT2D eigenvalue weighted by atomic mass is 32.2. The van der Waals surface area contributed by atoms with Gasteiger partial charge in [0.15, 0.2) is 17.3 Å². The van der Waals surface area contributed by atoms with Crippen LogP contribution in [0.5, 0.6) is 17.2 Å². The predicted octanol–water partition coefficient (Wildman–Crippen LogP) is 5.38. The molecular formula is C27H22F3N5O5S. The van der Waals surface area contributed by atoms with E-state index >= 15 is 0 Å². The third-order valence-corrected chi connectivity index (χ3v) is 6.58. The lowest BCUT2D eigenvalue weighted by molar-refractivity contribution is -0.0492. The summed E-state index contributed by atoms with van der Waals surface area (Å²) in [6, 6.07) is 14.8. The molecule has 5 rings (SSSR count). The second-order valence-corrected chi connectivity index (χ2v) is 10.8. The quantitative estimate of drug-likeness (QED) is 0.197. The predicted molar refractivity (Wildman–Crippen MR) is 146 cm³/mol. The van der Waals surface area contributed by atoms with Crippen molar-refractivity contribution in [3.63, 3.8) is 0 Å². The smallest absolute Gasteiger partial charge is 0.387 e. The van der Waals surface area contributed by atoms with Crippen molar-refractivity contribution in [3.05, 3.63) is 89.5 Å². The molecule has 0 unspecified atom stereocenters. The van der Waals surface area contributed by atoms with Gasteiger partial charge in [-0.1, -0.05) is 12.1 Å². The van der Waals surface area contributed by atoms with Crippen LogP contribution in [0.15, 0.2) is 66.9 Å². The first kappa shape index (κ1) is 27.6. The second-order valence-electron chi connectivity index (χ2n) is 9.04. The summed E-state index contributed by atoms with van der Waals surface area (Å²) >= 11 is 0. The lowest BCUT2D eigenvalue weighted by Gasteiger charge is -2.12. The minimum atomic E-state index is -3.82. The monoisotopic (exact) mass is 585 g/mol. The van der Waals surface area contributed by atoms with Crippen molar-refractivity contribution in [2.45, 2.75) is 13.5 Å². The van der Waals surface area contributed by atoms with Crippen molar-refractivity contribution in [1.29, 1.82) is 0 Å². The van der Waals surface area contributed by atoms with E-state index in [1.54, 1.807) is 37.3 Å². The van der Waals surface area contributed by atoms with E-state index in [-0.39, 0.29) is 34.0 Å². The van der Waals surface area contributed by atoms with Crippen LogP contribution in [0.4, 0.5) is 24.7 Å². The molecule has 0 radical (unpaired) electrons. The Hall–Kier alpha value is -4.98. The number of nitrogens with two attached hydrogens (primary N) is 1. The summed E-state index contributed by atoms with van der Waals surface area (Å²) in [6.07, 6.45) is 2.14. The number of rotatable bonds is 9. The lowest BCUT2D eigenvalue weighted by atomic mass is 10.1. The zero-order valence-electron chi connectivity index (χ0n) is 21.5. The molecule has 0 saturated carbocycles. The number of H-pyrrole nitrogens is 1. The van der Waals surface area contributed by atoms with E-state index in [0.717, 1.165) is 6.26 Å². The number of fused-ring (bicyclic) bond motifs is 1. The van der Waals surface area contributed by atoms with Gasteiger partial charge in [-0.15, -0.1) is 0 Å². The first-order valence-corrected chi connectivity index (χ1v) is 13.8. The van der Waals surface area contributed by atoms with E-state index in [9.17, 15) is 26.4 Å². The van der Waals surface area contributed by atoms with Gasteiger partial charge < -0.3 is 20.2 Å². The Morgan fingerprint density at radius 2 is 1.83 bits per heavy atom. The number of sulfonamides is 1. The number of nitrogen functional groups attached to an aromatic ring is 1. The number of ether oxygens (including phenoxy) is 2. The van der Waals surface area contributed by atoms with Gasteiger partial charge in [0.1, 0.15) is 11.6 Å². The van der Waals surface area contributed by atoms with E-state index in [1.165, 1.54) is 41.2 Å². The number of carbonyl (C=O) groups excluding carboxylic acids is 1. The van der Waals surface area contributed by atoms with Crippen LogP contribution in [0.25, 0.3) is 16.6 Å². The largest absolute Gasteiger partial charge is 0.454 e. The fourth-order valence-electron chi connectivity index (χ4n) is 4.16. The van der Waals surface area contributed by atoms with Gasteiger partial charge in [-0.05, 0) is 61.0 Å². The Bertz CT molecular complexity index is 1900. The molecule has 0 aliphatic heterocycles. The molecule has 0 spiro atoms. The first-order valence-electron chi connectivity index (χ1n) is 11.9. The standard InChI is InChI=1S/C27H22F3N5O5S/c1-14-9-16(7-8-22(14)39-23-6-4-3-5-18(23)28)35-26(31)17(13-32-35)25(36)21-10-15-11-24(40-27(29)30)20(12-19(15)33-21)34-41(2,37)38/h3-13,27,33-34H,31H2,1-2H3. The van der Waals surface area contributed by atoms with Crippen molar-refractivity contribution in [1.82, 2.24) is 14.8 Å². The number of ketones is 1. The van der Waals surface area contributed by atoms with Gasteiger partial charge in [0, 0.05) is 10.9 Å². The highest BCUT2D eigenvalue weighted by Gasteiger charge is 2.22. The molecule has 5 aromatic rings. The molecule has 2 heterocycles. The Balaban J connectivity index is 1.44. The molecule has 0 atom stereocenters. The van der Waals surface area contributed by atoms with Crippen LogP contribution in [0.1, 0.15) is 21.6 Å². The molecule has 0 bridgehead atoms. The second kappa shape index (κ2) is 10.5. The molecule has 0 aliphatic rings. The zero-order valence-corrected chi connectivity index (χ0v) is 22.3.